The summed E-state index contributed by atoms with van der Waals surface area (Å²) in [5, 5.41) is 0. The van der Waals surface area contributed by atoms with Gasteiger partial charge >= 0.3 is 0 Å². The Kier molecular flexibility index (Phi) is 1.86. The van der Waals surface area contributed by atoms with Crippen LogP contribution in [0.1, 0.15) is 29.9 Å². The zero-order chi connectivity index (χ0) is 12.3. The van der Waals surface area contributed by atoms with Crippen molar-refractivity contribution in [3.63, 3.8) is 0 Å². The average molecular weight is 234 g/mol. The first kappa shape index (κ1) is 10.1. The maximum absolute atomic E-state index is 11.8. The summed E-state index contributed by atoms with van der Waals surface area (Å²) in [7, 11) is 0. The van der Waals surface area contributed by atoms with Gasteiger partial charge in [0.05, 0.1) is 0 Å². The van der Waals surface area contributed by atoms with Crippen LogP contribution >= 0.6 is 0 Å². The van der Waals surface area contributed by atoms with E-state index in [0.29, 0.717) is 17.6 Å². The Hall–Kier alpha value is -1.89. The lowest BCUT2D eigenvalue weighted by Gasteiger charge is -2.18. The predicted molar refractivity (Wildman–Crippen MR) is 71.5 cm³/mol. The van der Waals surface area contributed by atoms with Crippen molar-refractivity contribution in [1.82, 2.24) is 0 Å². The quantitative estimate of drug-likeness (QED) is 0.734. The van der Waals surface area contributed by atoms with E-state index in [1.54, 1.807) is 6.92 Å². The number of carbonyl (C=O) groups excluding carboxylic acids is 1. The van der Waals surface area contributed by atoms with Gasteiger partial charge in [-0.05, 0) is 29.2 Å². The van der Waals surface area contributed by atoms with Gasteiger partial charge in [0.1, 0.15) is 5.78 Å². The summed E-state index contributed by atoms with van der Waals surface area (Å²) in [4.78, 5) is 11.8. The summed E-state index contributed by atoms with van der Waals surface area (Å²) in [5.74, 6) is 1.38. The lowest BCUT2D eigenvalue weighted by molar-refractivity contribution is -0.118. The molecule has 2 aliphatic carbocycles. The van der Waals surface area contributed by atoms with Gasteiger partial charge in [-0.2, -0.15) is 0 Å². The third-order valence-electron chi connectivity index (χ3n) is 4.42. The highest BCUT2D eigenvalue weighted by molar-refractivity contribution is 5.89. The Morgan fingerprint density at radius 1 is 0.833 bits per heavy atom. The van der Waals surface area contributed by atoms with Gasteiger partial charge in [-0.3, -0.25) is 4.79 Å². The maximum atomic E-state index is 11.8. The molecule has 88 valence electrons. The Morgan fingerprint density at radius 3 is 1.72 bits per heavy atom. The van der Waals surface area contributed by atoms with E-state index in [1.165, 1.54) is 22.3 Å². The number of benzene rings is 2. The number of carbonyl (C=O) groups is 1. The minimum absolute atomic E-state index is 0.204. The first-order chi connectivity index (χ1) is 8.79. The lowest BCUT2D eigenvalue weighted by Crippen LogP contribution is -1.98. The fraction of sp³-hybridized carbons (Fsp3) is 0.235. The Morgan fingerprint density at radius 2 is 1.28 bits per heavy atom. The molecule has 18 heavy (non-hydrogen) atoms. The summed E-state index contributed by atoms with van der Waals surface area (Å²) in [6, 6.07) is 17.1. The molecular weight excluding hydrogens is 220 g/mol. The van der Waals surface area contributed by atoms with Gasteiger partial charge in [0.2, 0.25) is 0 Å². The molecule has 0 radical (unpaired) electrons. The van der Waals surface area contributed by atoms with E-state index in [9.17, 15) is 4.79 Å². The summed E-state index contributed by atoms with van der Waals surface area (Å²) in [5.41, 5.74) is 5.36. The lowest BCUT2D eigenvalue weighted by atomic mass is 9.86. The molecule has 0 saturated heterocycles. The molecule has 2 aromatic carbocycles. The van der Waals surface area contributed by atoms with Crippen molar-refractivity contribution in [2.24, 2.45) is 5.92 Å². The number of hydrogen-bond acceptors (Lipinski definition) is 1. The molecule has 0 amide bonds. The molecule has 0 aromatic heterocycles. The molecule has 1 nitrogen and oxygen atoms in total. The van der Waals surface area contributed by atoms with Crippen LogP contribution in [-0.2, 0) is 4.79 Å². The van der Waals surface area contributed by atoms with E-state index in [0.717, 1.165) is 0 Å². The minimum Gasteiger partial charge on any atom is -0.300 e. The van der Waals surface area contributed by atoms with E-state index in [1.807, 2.05) is 0 Å². The average Bonchev–Trinajstić information content (AvgIpc) is 3.15. The van der Waals surface area contributed by atoms with Crippen molar-refractivity contribution < 1.29 is 4.79 Å². The van der Waals surface area contributed by atoms with Gasteiger partial charge < -0.3 is 0 Å². The second kappa shape index (κ2) is 3.32. The molecule has 2 aromatic rings. The van der Waals surface area contributed by atoms with E-state index in [4.69, 9.17) is 0 Å². The fourth-order valence-electron chi connectivity index (χ4n) is 3.66. The smallest absolute Gasteiger partial charge is 0.134 e. The van der Waals surface area contributed by atoms with Gasteiger partial charge in [0.25, 0.3) is 0 Å². The number of rotatable bonds is 1. The molecule has 0 spiro atoms. The van der Waals surface area contributed by atoms with Crippen molar-refractivity contribution in [3.8, 4) is 11.1 Å². The third kappa shape index (κ3) is 1.14. The van der Waals surface area contributed by atoms with Crippen molar-refractivity contribution in [1.29, 1.82) is 0 Å². The largest absolute Gasteiger partial charge is 0.300 e. The van der Waals surface area contributed by atoms with Crippen LogP contribution < -0.4 is 0 Å². The molecule has 0 N–H and O–H groups in total. The van der Waals surface area contributed by atoms with Gasteiger partial charge in [-0.15, -0.1) is 0 Å². The third-order valence-corrected chi connectivity index (χ3v) is 4.42. The van der Waals surface area contributed by atoms with Crippen LogP contribution in [0.3, 0.4) is 0 Å². The highest BCUT2D eigenvalue weighted by atomic mass is 16.1. The molecule has 1 saturated carbocycles. The number of Topliss-reactive ketones (excluding diaryl/α,β-unsaturated/α-hetero) is 1. The monoisotopic (exact) mass is 234 g/mol. The zero-order valence-electron chi connectivity index (χ0n) is 10.3. The molecule has 2 atom stereocenters. The summed E-state index contributed by atoms with van der Waals surface area (Å²) in [6.07, 6.45) is 0. The van der Waals surface area contributed by atoms with Crippen LogP contribution in [0.5, 0.6) is 0 Å². The normalized spacial score (nSPS) is 26.8. The van der Waals surface area contributed by atoms with Crippen molar-refractivity contribution in [2.75, 3.05) is 0 Å². The molecule has 2 aliphatic rings. The van der Waals surface area contributed by atoms with Crippen LogP contribution in [0, 0.1) is 5.92 Å². The topological polar surface area (TPSA) is 17.1 Å². The minimum atomic E-state index is 0.204. The summed E-state index contributed by atoms with van der Waals surface area (Å²) < 4.78 is 0. The van der Waals surface area contributed by atoms with E-state index in [2.05, 4.69) is 48.5 Å². The number of ketones is 1. The number of fused-ring (bicyclic) bond motifs is 6. The van der Waals surface area contributed by atoms with E-state index < -0.39 is 0 Å². The van der Waals surface area contributed by atoms with Gasteiger partial charge in [-0.1, -0.05) is 48.5 Å². The van der Waals surface area contributed by atoms with Gasteiger partial charge in [0.15, 0.2) is 0 Å². The molecule has 1 fully saturated rings. The highest BCUT2D eigenvalue weighted by Crippen LogP contribution is 2.66. The first-order valence-corrected chi connectivity index (χ1v) is 6.47. The van der Waals surface area contributed by atoms with Gasteiger partial charge in [-0.25, -0.2) is 0 Å². The van der Waals surface area contributed by atoms with Crippen LogP contribution in [0.4, 0.5) is 0 Å². The summed E-state index contributed by atoms with van der Waals surface area (Å²) >= 11 is 0. The van der Waals surface area contributed by atoms with Crippen LogP contribution in [0.15, 0.2) is 48.5 Å². The standard InChI is InChI=1S/C17H14O/c1-10(18)15-16-13-8-4-2-6-11(13)12-7-3-5-9-14(12)17(15)16/h2-9,15-17H,1H3. The van der Waals surface area contributed by atoms with E-state index in [-0.39, 0.29) is 5.92 Å². The van der Waals surface area contributed by atoms with Crippen molar-refractivity contribution in [3.05, 3.63) is 59.7 Å². The van der Waals surface area contributed by atoms with Crippen LogP contribution in [0.2, 0.25) is 0 Å². The predicted octanol–water partition coefficient (Wildman–Crippen LogP) is 3.75. The molecule has 4 rings (SSSR count). The Balaban J connectivity index is 2.00. The molecule has 0 bridgehead atoms. The van der Waals surface area contributed by atoms with Crippen LogP contribution in [0.25, 0.3) is 11.1 Å². The molecule has 1 heteroatoms. The van der Waals surface area contributed by atoms with Crippen molar-refractivity contribution in [2.45, 2.75) is 18.8 Å². The molecule has 2 unspecified atom stereocenters. The maximum Gasteiger partial charge on any atom is 0.134 e. The second-order valence-corrected chi connectivity index (χ2v) is 5.36. The zero-order valence-corrected chi connectivity index (χ0v) is 10.3. The van der Waals surface area contributed by atoms with Crippen molar-refractivity contribution >= 4 is 5.78 Å². The first-order valence-electron chi connectivity index (χ1n) is 6.47. The summed E-state index contributed by atoms with van der Waals surface area (Å²) in [6.45, 7) is 1.73. The molecular formula is C17H14O. The Labute approximate surface area is 106 Å². The SMILES string of the molecule is CC(=O)C1C2c3ccccc3-c3ccccc3C12. The highest BCUT2D eigenvalue weighted by Gasteiger charge is 2.57. The molecule has 0 heterocycles. The second-order valence-electron chi connectivity index (χ2n) is 5.36. The Bertz CT molecular complexity index is 605. The van der Waals surface area contributed by atoms with Gasteiger partial charge in [0, 0.05) is 17.8 Å². The fourth-order valence-corrected chi connectivity index (χ4v) is 3.66. The van der Waals surface area contributed by atoms with Crippen LogP contribution in [-0.4, -0.2) is 5.78 Å². The van der Waals surface area contributed by atoms with E-state index >= 15 is 0 Å². The molecule has 0 aliphatic heterocycles. The number of hydrogen-bond donors (Lipinski definition) is 0.